The fourth-order valence-corrected chi connectivity index (χ4v) is 2.32. The lowest BCUT2D eigenvalue weighted by molar-refractivity contribution is -0.305. The molecule has 0 heterocycles. The van der Waals surface area contributed by atoms with Crippen LogP contribution in [0.3, 0.4) is 0 Å². The summed E-state index contributed by atoms with van der Waals surface area (Å²) in [6, 6.07) is 12.3. The van der Waals surface area contributed by atoms with Gasteiger partial charge in [0.05, 0.1) is 6.61 Å². The van der Waals surface area contributed by atoms with E-state index in [0.29, 0.717) is 19.1 Å². The molecule has 2 nitrogen and oxygen atoms in total. The number of benzene rings is 2. The largest absolute Gasteiger partial charge is 0.439 e. The van der Waals surface area contributed by atoms with E-state index in [-0.39, 0.29) is 12.2 Å². The minimum atomic E-state index is -5.84. The molecular formula is C19H17F7O2. The van der Waals surface area contributed by atoms with Crippen molar-refractivity contribution in [1.82, 2.24) is 0 Å². The van der Waals surface area contributed by atoms with Crippen LogP contribution in [0.4, 0.5) is 30.7 Å². The summed E-state index contributed by atoms with van der Waals surface area (Å²) >= 11 is 0. The fraction of sp³-hybridized carbons (Fsp3) is 0.368. The highest BCUT2D eigenvalue weighted by Crippen LogP contribution is 2.37. The first-order chi connectivity index (χ1) is 13.1. The Kier molecular flexibility index (Phi) is 7.29. The number of ether oxygens (including phenoxy) is 2. The fourth-order valence-electron chi connectivity index (χ4n) is 2.32. The summed E-state index contributed by atoms with van der Waals surface area (Å²) in [5.41, 5.74) is 1.39. The Bertz CT molecular complexity index is 748. The third kappa shape index (κ3) is 6.40. The number of hydrogen-bond acceptors (Lipinski definition) is 2. The van der Waals surface area contributed by atoms with Crippen molar-refractivity contribution in [3.05, 3.63) is 65.5 Å². The monoisotopic (exact) mass is 410 g/mol. The molecule has 0 aromatic heterocycles. The van der Waals surface area contributed by atoms with Crippen molar-refractivity contribution in [2.75, 3.05) is 6.61 Å². The second-order valence-electron chi connectivity index (χ2n) is 5.97. The van der Waals surface area contributed by atoms with Gasteiger partial charge in [0.25, 0.3) is 6.17 Å². The third-order valence-electron chi connectivity index (χ3n) is 3.69. The molecule has 2 rings (SSSR count). The number of aryl methyl sites for hydroxylation is 1. The molecule has 0 aliphatic heterocycles. The molecule has 0 fully saturated rings. The highest BCUT2D eigenvalue weighted by molar-refractivity contribution is 5.29. The Morgan fingerprint density at radius 3 is 2.18 bits per heavy atom. The molecule has 0 saturated carbocycles. The summed E-state index contributed by atoms with van der Waals surface area (Å²) < 4.78 is 98.2. The molecule has 0 N–H and O–H groups in total. The molecule has 1 unspecified atom stereocenters. The molecular weight excluding hydrogens is 393 g/mol. The zero-order valence-electron chi connectivity index (χ0n) is 14.5. The molecule has 28 heavy (non-hydrogen) atoms. The van der Waals surface area contributed by atoms with E-state index in [9.17, 15) is 30.7 Å². The first-order valence-electron chi connectivity index (χ1n) is 8.27. The smallest absolute Gasteiger partial charge is 0.427 e. The van der Waals surface area contributed by atoms with Gasteiger partial charge in [-0.3, -0.25) is 0 Å². The number of rotatable bonds is 9. The molecule has 0 saturated heterocycles. The second-order valence-corrected chi connectivity index (χ2v) is 5.97. The molecule has 0 radical (unpaired) electrons. The minimum Gasteiger partial charge on any atom is -0.427 e. The van der Waals surface area contributed by atoms with E-state index in [1.807, 2.05) is 30.3 Å². The van der Waals surface area contributed by atoms with E-state index in [0.717, 1.165) is 24.1 Å². The van der Waals surface area contributed by atoms with Crippen LogP contribution in [-0.2, 0) is 17.8 Å². The molecule has 1 atom stereocenters. The molecule has 0 spiro atoms. The van der Waals surface area contributed by atoms with Crippen molar-refractivity contribution in [2.45, 2.75) is 37.9 Å². The molecule has 0 aliphatic carbocycles. The molecule has 2 aromatic carbocycles. The normalized spacial score (nSPS) is 13.4. The molecule has 0 bridgehead atoms. The minimum absolute atomic E-state index is 0.0311. The molecule has 9 heteroatoms. The van der Waals surface area contributed by atoms with E-state index in [2.05, 4.69) is 4.74 Å². The lowest BCUT2D eigenvalue weighted by atomic mass is 10.1. The van der Waals surface area contributed by atoms with E-state index in [4.69, 9.17) is 4.74 Å². The van der Waals surface area contributed by atoms with Crippen LogP contribution in [0.5, 0.6) is 5.75 Å². The molecule has 0 aliphatic rings. The highest BCUT2D eigenvalue weighted by Gasteiger charge is 2.59. The summed E-state index contributed by atoms with van der Waals surface area (Å²) in [5, 5.41) is 0. The van der Waals surface area contributed by atoms with Gasteiger partial charge in [-0.1, -0.05) is 36.4 Å². The Hall–Kier alpha value is -2.29. The average Bonchev–Trinajstić information content (AvgIpc) is 2.63. The maximum absolute atomic E-state index is 13.8. The molecule has 154 valence electrons. The predicted molar refractivity (Wildman–Crippen MR) is 87.3 cm³/mol. The van der Waals surface area contributed by atoms with Crippen molar-refractivity contribution in [3.8, 4) is 5.75 Å². The van der Waals surface area contributed by atoms with Crippen LogP contribution < -0.4 is 4.74 Å². The lowest BCUT2D eigenvalue weighted by Gasteiger charge is -2.23. The summed E-state index contributed by atoms with van der Waals surface area (Å²) in [6.07, 6.45) is -14.2. The van der Waals surface area contributed by atoms with Gasteiger partial charge in [0, 0.05) is 6.61 Å². The van der Waals surface area contributed by atoms with Crippen molar-refractivity contribution >= 4 is 0 Å². The predicted octanol–water partition coefficient (Wildman–Crippen LogP) is 5.85. The van der Waals surface area contributed by atoms with E-state index < -0.39 is 30.0 Å². The lowest BCUT2D eigenvalue weighted by Crippen LogP contribution is -2.45. The van der Waals surface area contributed by atoms with Crippen molar-refractivity contribution in [2.24, 2.45) is 0 Å². The second kappa shape index (κ2) is 9.27. The van der Waals surface area contributed by atoms with Gasteiger partial charge < -0.3 is 9.47 Å². The Balaban J connectivity index is 1.84. The van der Waals surface area contributed by atoms with Crippen LogP contribution in [0.2, 0.25) is 0 Å². The number of halogens is 7. The Morgan fingerprint density at radius 2 is 1.57 bits per heavy atom. The van der Waals surface area contributed by atoms with Crippen LogP contribution in [0.15, 0.2) is 48.5 Å². The first-order valence-corrected chi connectivity index (χ1v) is 8.27. The molecule has 2 aromatic rings. The van der Waals surface area contributed by atoms with Gasteiger partial charge in [0.15, 0.2) is 11.6 Å². The quantitative estimate of drug-likeness (QED) is 0.382. The molecule has 0 amide bonds. The van der Waals surface area contributed by atoms with Crippen molar-refractivity contribution in [3.63, 3.8) is 0 Å². The standard InChI is InChI=1S/C19H17F7O2/c20-15-11-14(12-27-10-4-7-13-5-2-1-3-6-13)8-9-16(15)28-19(25,26)17(21)18(22,23)24/h1-3,5-6,8-9,11,17H,4,7,10,12H2. The average molecular weight is 410 g/mol. The topological polar surface area (TPSA) is 18.5 Å². The summed E-state index contributed by atoms with van der Waals surface area (Å²) in [6.45, 7) is 0.332. The number of alkyl halides is 6. The van der Waals surface area contributed by atoms with Crippen LogP contribution in [0, 0.1) is 5.82 Å². The van der Waals surface area contributed by atoms with E-state index in [1.165, 1.54) is 0 Å². The van der Waals surface area contributed by atoms with Crippen molar-refractivity contribution in [1.29, 1.82) is 0 Å². The highest BCUT2D eigenvalue weighted by atomic mass is 19.4. The van der Waals surface area contributed by atoms with Crippen molar-refractivity contribution < 1.29 is 40.2 Å². The summed E-state index contributed by atoms with van der Waals surface area (Å²) in [4.78, 5) is 0. The third-order valence-corrected chi connectivity index (χ3v) is 3.69. The maximum atomic E-state index is 13.8. The van der Waals surface area contributed by atoms with Gasteiger partial charge in [-0.2, -0.15) is 22.0 Å². The van der Waals surface area contributed by atoms with Gasteiger partial charge in [-0.15, -0.1) is 0 Å². The van der Waals surface area contributed by atoms with Gasteiger partial charge in [0.1, 0.15) is 0 Å². The summed E-state index contributed by atoms with van der Waals surface area (Å²) in [5.74, 6) is -2.54. The van der Waals surface area contributed by atoms with Crippen LogP contribution in [0.25, 0.3) is 0 Å². The van der Waals surface area contributed by atoms with Gasteiger partial charge in [-0.05, 0) is 36.1 Å². The van der Waals surface area contributed by atoms with Gasteiger partial charge >= 0.3 is 12.3 Å². The zero-order chi connectivity index (χ0) is 20.8. The first kappa shape index (κ1) is 22.0. The SMILES string of the molecule is Fc1cc(COCCCc2ccccc2)ccc1OC(F)(F)C(F)C(F)(F)F. The van der Waals surface area contributed by atoms with Crippen LogP contribution >= 0.6 is 0 Å². The van der Waals surface area contributed by atoms with Crippen LogP contribution in [-0.4, -0.2) is 25.1 Å². The zero-order valence-corrected chi connectivity index (χ0v) is 14.5. The van der Waals surface area contributed by atoms with Crippen LogP contribution in [0.1, 0.15) is 17.5 Å². The maximum Gasteiger partial charge on any atom is 0.439 e. The van der Waals surface area contributed by atoms with E-state index >= 15 is 0 Å². The number of hydrogen-bond donors (Lipinski definition) is 0. The Labute approximate surface area is 156 Å². The van der Waals surface area contributed by atoms with E-state index in [1.54, 1.807) is 0 Å². The Morgan fingerprint density at radius 1 is 0.893 bits per heavy atom. The van der Waals surface area contributed by atoms with Gasteiger partial charge in [0.2, 0.25) is 0 Å². The summed E-state index contributed by atoms with van der Waals surface area (Å²) in [7, 11) is 0. The van der Waals surface area contributed by atoms with Gasteiger partial charge in [-0.25, -0.2) is 8.78 Å².